The van der Waals surface area contributed by atoms with Crippen molar-refractivity contribution in [3.05, 3.63) is 29.8 Å². The summed E-state index contributed by atoms with van der Waals surface area (Å²) in [5, 5.41) is 6.65. The highest BCUT2D eigenvalue weighted by molar-refractivity contribution is 5.84. The zero-order chi connectivity index (χ0) is 21.1. The van der Waals surface area contributed by atoms with Gasteiger partial charge in [-0.3, -0.25) is 9.69 Å². The van der Waals surface area contributed by atoms with E-state index in [-0.39, 0.29) is 18.5 Å². The highest BCUT2D eigenvalue weighted by atomic mass is 16.5. The number of nitrogens with one attached hydrogen (secondary N) is 2. The van der Waals surface area contributed by atoms with E-state index in [2.05, 4.69) is 32.7 Å². The first kappa shape index (κ1) is 23.0. The van der Waals surface area contributed by atoms with E-state index in [0.717, 1.165) is 18.8 Å². The second-order valence-corrected chi connectivity index (χ2v) is 7.29. The monoisotopic (exact) mass is 405 g/mol. The molecule has 162 valence electrons. The number of ether oxygens (including phenoxy) is 2. The van der Waals surface area contributed by atoms with Crippen LogP contribution < -0.4 is 15.4 Å². The van der Waals surface area contributed by atoms with E-state index in [0.29, 0.717) is 25.7 Å². The van der Waals surface area contributed by atoms with Crippen LogP contribution >= 0.6 is 0 Å². The zero-order valence-electron chi connectivity index (χ0n) is 18.1. The number of guanidine groups is 1. The lowest BCUT2D eigenvalue weighted by molar-refractivity contribution is -0.127. The zero-order valence-corrected chi connectivity index (χ0v) is 18.1. The van der Waals surface area contributed by atoms with Gasteiger partial charge in [0.1, 0.15) is 12.3 Å². The molecule has 2 rings (SSSR count). The second-order valence-electron chi connectivity index (χ2n) is 7.29. The highest BCUT2D eigenvalue weighted by Crippen LogP contribution is 2.26. The van der Waals surface area contributed by atoms with Crippen molar-refractivity contribution in [2.75, 3.05) is 67.6 Å². The second kappa shape index (κ2) is 12.3. The first-order chi connectivity index (χ1) is 14.0. The van der Waals surface area contributed by atoms with Gasteiger partial charge in [0.2, 0.25) is 5.91 Å². The van der Waals surface area contributed by atoms with Gasteiger partial charge >= 0.3 is 0 Å². The Morgan fingerprint density at radius 1 is 1.17 bits per heavy atom. The van der Waals surface area contributed by atoms with E-state index >= 15 is 0 Å². The molecule has 29 heavy (non-hydrogen) atoms. The molecule has 1 aliphatic rings. The fraction of sp³-hybridized carbons (Fsp3) is 0.619. The van der Waals surface area contributed by atoms with Crippen LogP contribution in [0.5, 0.6) is 5.75 Å². The molecular weight excluding hydrogens is 370 g/mol. The molecular formula is C21H35N5O3. The van der Waals surface area contributed by atoms with Crippen LogP contribution in [0.4, 0.5) is 0 Å². The topological polar surface area (TPSA) is 78.4 Å². The molecule has 0 spiro atoms. The Kier molecular flexibility index (Phi) is 9.73. The van der Waals surface area contributed by atoms with E-state index in [1.54, 1.807) is 33.2 Å². The van der Waals surface area contributed by atoms with Gasteiger partial charge in [0.25, 0.3) is 0 Å². The minimum absolute atomic E-state index is 0.0379. The number of benzene rings is 1. The van der Waals surface area contributed by atoms with Crippen molar-refractivity contribution in [1.82, 2.24) is 20.4 Å². The summed E-state index contributed by atoms with van der Waals surface area (Å²) in [5.41, 5.74) is 1.24. The maximum absolute atomic E-state index is 11.9. The van der Waals surface area contributed by atoms with E-state index < -0.39 is 0 Å². The molecule has 0 bridgehead atoms. The van der Waals surface area contributed by atoms with Gasteiger partial charge in [-0.25, -0.2) is 4.99 Å². The molecule has 0 aromatic heterocycles. The third-order valence-corrected chi connectivity index (χ3v) is 5.01. The van der Waals surface area contributed by atoms with Gasteiger partial charge in [0, 0.05) is 34.3 Å². The molecule has 8 nitrogen and oxygen atoms in total. The van der Waals surface area contributed by atoms with Crippen molar-refractivity contribution < 1.29 is 14.3 Å². The number of nitrogens with zero attached hydrogens (tertiary/aromatic N) is 3. The molecule has 1 aromatic carbocycles. The average molecular weight is 406 g/mol. The first-order valence-electron chi connectivity index (χ1n) is 10.1. The SMILES string of the molecule is COCCNC(=NCC(=O)N(C)C)NCC(c1ccc(OC)cc1)N1CCCC1. The maximum Gasteiger partial charge on any atom is 0.243 e. The van der Waals surface area contributed by atoms with Crippen molar-refractivity contribution in [1.29, 1.82) is 0 Å². The van der Waals surface area contributed by atoms with E-state index in [4.69, 9.17) is 9.47 Å². The Morgan fingerprint density at radius 3 is 2.45 bits per heavy atom. The largest absolute Gasteiger partial charge is 0.497 e. The maximum atomic E-state index is 11.9. The predicted octanol–water partition coefficient (Wildman–Crippen LogP) is 1.10. The summed E-state index contributed by atoms with van der Waals surface area (Å²) in [6, 6.07) is 8.46. The van der Waals surface area contributed by atoms with E-state index in [9.17, 15) is 4.79 Å². The lowest BCUT2D eigenvalue weighted by Crippen LogP contribution is -2.44. The van der Waals surface area contributed by atoms with Gasteiger partial charge in [-0.05, 0) is 43.6 Å². The van der Waals surface area contributed by atoms with Gasteiger partial charge in [-0.1, -0.05) is 12.1 Å². The number of likely N-dealkylation sites (N-methyl/N-ethyl adjacent to an activating group) is 1. The number of aliphatic imine (C=N–C) groups is 1. The lowest BCUT2D eigenvalue weighted by atomic mass is 10.1. The van der Waals surface area contributed by atoms with Crippen molar-refractivity contribution >= 4 is 11.9 Å². The molecule has 1 unspecified atom stereocenters. The number of hydrogen-bond donors (Lipinski definition) is 2. The van der Waals surface area contributed by atoms with Gasteiger partial charge in [0.15, 0.2) is 5.96 Å². The fourth-order valence-corrected chi connectivity index (χ4v) is 3.26. The van der Waals surface area contributed by atoms with Crippen LogP contribution in [-0.2, 0) is 9.53 Å². The van der Waals surface area contributed by atoms with Gasteiger partial charge in [0.05, 0.1) is 19.8 Å². The minimum Gasteiger partial charge on any atom is -0.497 e. The Labute approximate surface area is 174 Å². The van der Waals surface area contributed by atoms with Crippen LogP contribution in [0.2, 0.25) is 0 Å². The highest BCUT2D eigenvalue weighted by Gasteiger charge is 2.23. The number of rotatable bonds is 10. The van der Waals surface area contributed by atoms with E-state index in [1.807, 2.05) is 12.1 Å². The van der Waals surface area contributed by atoms with Crippen molar-refractivity contribution in [2.24, 2.45) is 4.99 Å². The molecule has 2 N–H and O–H groups in total. The third-order valence-electron chi connectivity index (χ3n) is 5.01. The third kappa shape index (κ3) is 7.55. The fourth-order valence-electron chi connectivity index (χ4n) is 3.26. The molecule has 0 saturated carbocycles. The standard InChI is InChI=1S/C21H35N5O3/c1-25(2)20(27)16-24-21(22-11-14-28-3)23-15-19(26-12-5-6-13-26)17-7-9-18(29-4)10-8-17/h7-10,19H,5-6,11-16H2,1-4H3,(H2,22,23,24). The minimum atomic E-state index is -0.0379. The van der Waals surface area contributed by atoms with Crippen molar-refractivity contribution in [3.8, 4) is 5.75 Å². The number of hydrogen-bond acceptors (Lipinski definition) is 5. The van der Waals surface area contributed by atoms with Crippen LogP contribution in [0.1, 0.15) is 24.4 Å². The van der Waals surface area contributed by atoms with Crippen molar-refractivity contribution in [3.63, 3.8) is 0 Å². The molecule has 1 amide bonds. The molecule has 1 aliphatic heterocycles. The summed E-state index contributed by atoms with van der Waals surface area (Å²) in [5.74, 6) is 1.44. The summed E-state index contributed by atoms with van der Waals surface area (Å²) in [6.45, 7) is 4.15. The summed E-state index contributed by atoms with van der Waals surface area (Å²) in [7, 11) is 6.80. The summed E-state index contributed by atoms with van der Waals surface area (Å²) in [6.07, 6.45) is 2.44. The molecule has 8 heteroatoms. The number of carbonyl (C=O) groups excluding carboxylic acids is 1. The Bertz CT molecular complexity index is 642. The molecule has 1 saturated heterocycles. The average Bonchev–Trinajstić information content (AvgIpc) is 3.26. The smallest absolute Gasteiger partial charge is 0.243 e. The van der Waals surface area contributed by atoms with Gasteiger partial charge in [-0.2, -0.15) is 0 Å². The summed E-state index contributed by atoms with van der Waals surface area (Å²) >= 11 is 0. The van der Waals surface area contributed by atoms with Crippen LogP contribution in [0, 0.1) is 0 Å². The number of methoxy groups -OCH3 is 2. The molecule has 0 radical (unpaired) electrons. The Morgan fingerprint density at radius 2 is 1.86 bits per heavy atom. The van der Waals surface area contributed by atoms with E-state index in [1.165, 1.54) is 18.4 Å². The predicted molar refractivity (Wildman–Crippen MR) is 115 cm³/mol. The van der Waals surface area contributed by atoms with Crippen LogP contribution in [0.15, 0.2) is 29.3 Å². The molecule has 0 aliphatic carbocycles. The quantitative estimate of drug-likeness (QED) is 0.345. The number of amides is 1. The van der Waals surface area contributed by atoms with Crippen LogP contribution in [-0.4, -0.2) is 89.3 Å². The Balaban J connectivity index is 2.08. The van der Waals surface area contributed by atoms with Crippen molar-refractivity contribution in [2.45, 2.75) is 18.9 Å². The number of likely N-dealkylation sites (tertiary alicyclic amines) is 1. The number of carbonyl (C=O) groups is 1. The van der Waals surface area contributed by atoms with Crippen LogP contribution in [0.3, 0.4) is 0 Å². The summed E-state index contributed by atoms with van der Waals surface area (Å²) < 4.78 is 10.4. The lowest BCUT2D eigenvalue weighted by Gasteiger charge is -2.29. The first-order valence-corrected chi connectivity index (χ1v) is 10.1. The molecule has 1 aromatic rings. The molecule has 1 atom stereocenters. The molecule has 1 heterocycles. The molecule has 1 fully saturated rings. The Hall–Kier alpha value is -2.32. The van der Waals surface area contributed by atoms with Gasteiger partial charge in [-0.15, -0.1) is 0 Å². The van der Waals surface area contributed by atoms with Gasteiger partial charge < -0.3 is 25.0 Å². The van der Waals surface area contributed by atoms with Crippen LogP contribution in [0.25, 0.3) is 0 Å². The normalized spacial score (nSPS) is 15.8. The summed E-state index contributed by atoms with van der Waals surface area (Å²) in [4.78, 5) is 20.4.